The molecule has 0 aromatic heterocycles. The van der Waals surface area contributed by atoms with Gasteiger partial charge in [-0.05, 0) is 42.5 Å². The molecule has 2 rings (SSSR count). The Hall–Kier alpha value is -2.66. The van der Waals surface area contributed by atoms with Crippen molar-refractivity contribution in [3.63, 3.8) is 0 Å². The minimum absolute atomic E-state index is 0.277. The van der Waals surface area contributed by atoms with Gasteiger partial charge in [-0.1, -0.05) is 56.3 Å². The molecule has 5 heteroatoms. The smallest absolute Gasteiger partial charge is 0.328 e. The number of methoxy groups -OCH3 is 1. The number of rotatable bonds is 7. The number of amides is 1. The van der Waals surface area contributed by atoms with Crippen molar-refractivity contribution in [3.05, 3.63) is 54.6 Å². The number of nitrogens with two attached hydrogens (primary N) is 1. The van der Waals surface area contributed by atoms with Gasteiger partial charge in [0.2, 0.25) is 5.91 Å². The molecule has 2 aromatic carbocycles. The van der Waals surface area contributed by atoms with Gasteiger partial charge in [0.15, 0.2) is 0 Å². The fraction of sp³-hybridized carbons (Fsp3) is 0.364. The quantitative estimate of drug-likeness (QED) is 0.758. The van der Waals surface area contributed by atoms with E-state index in [1.165, 1.54) is 12.0 Å². The van der Waals surface area contributed by atoms with E-state index in [0.29, 0.717) is 12.1 Å². The van der Waals surface area contributed by atoms with E-state index in [9.17, 15) is 9.59 Å². The van der Waals surface area contributed by atoms with Crippen LogP contribution in [0.3, 0.4) is 0 Å². The average molecular weight is 368 g/mol. The highest BCUT2D eigenvalue weighted by Gasteiger charge is 2.31. The molecule has 0 heterocycles. The van der Waals surface area contributed by atoms with E-state index < -0.39 is 18.1 Å². The largest absolute Gasteiger partial charge is 0.467 e. The zero-order chi connectivity index (χ0) is 20.0. The summed E-state index contributed by atoms with van der Waals surface area (Å²) < 4.78 is 4.84. The summed E-state index contributed by atoms with van der Waals surface area (Å²) in [5, 5.41) is 0. The lowest BCUT2D eigenvalue weighted by Crippen LogP contribution is -2.51. The summed E-state index contributed by atoms with van der Waals surface area (Å²) >= 11 is 0. The third kappa shape index (κ3) is 5.17. The average Bonchev–Trinajstić information content (AvgIpc) is 2.68. The fourth-order valence-corrected chi connectivity index (χ4v) is 3.05. The summed E-state index contributed by atoms with van der Waals surface area (Å²) in [7, 11) is 1.31. The van der Waals surface area contributed by atoms with Crippen LogP contribution < -0.4 is 10.6 Å². The van der Waals surface area contributed by atoms with Crippen molar-refractivity contribution in [1.29, 1.82) is 0 Å². The molecular weight excluding hydrogens is 340 g/mol. The Morgan fingerprint density at radius 1 is 0.963 bits per heavy atom. The van der Waals surface area contributed by atoms with Crippen molar-refractivity contribution in [2.75, 3.05) is 12.0 Å². The summed E-state index contributed by atoms with van der Waals surface area (Å²) in [6.45, 7) is 5.67. The molecule has 2 N–H and O–H groups in total. The van der Waals surface area contributed by atoms with E-state index >= 15 is 0 Å². The Labute approximate surface area is 161 Å². The predicted molar refractivity (Wildman–Crippen MR) is 108 cm³/mol. The number of ether oxygens (including phenoxy) is 1. The minimum atomic E-state index is -0.761. The summed E-state index contributed by atoms with van der Waals surface area (Å²) in [5.74, 6) is -0.485. The lowest BCUT2D eigenvalue weighted by atomic mass is 10.0. The van der Waals surface area contributed by atoms with Crippen molar-refractivity contribution < 1.29 is 14.3 Å². The molecule has 2 aromatic rings. The second-order valence-corrected chi connectivity index (χ2v) is 7.06. The number of hydrogen-bond acceptors (Lipinski definition) is 4. The zero-order valence-corrected chi connectivity index (χ0v) is 16.4. The van der Waals surface area contributed by atoms with Crippen molar-refractivity contribution in [2.24, 2.45) is 11.7 Å². The third-order valence-electron chi connectivity index (χ3n) is 4.46. The summed E-state index contributed by atoms with van der Waals surface area (Å²) in [6, 6.07) is 16.1. The molecule has 2 atom stereocenters. The first-order valence-corrected chi connectivity index (χ1v) is 9.17. The second-order valence-electron chi connectivity index (χ2n) is 7.06. The number of anilines is 1. The predicted octanol–water partition coefficient (Wildman–Crippen LogP) is 3.62. The molecule has 0 aliphatic heterocycles. The topological polar surface area (TPSA) is 72.6 Å². The maximum absolute atomic E-state index is 13.0. The molecule has 0 saturated heterocycles. The van der Waals surface area contributed by atoms with Gasteiger partial charge in [0, 0.05) is 5.69 Å². The lowest BCUT2D eigenvalue weighted by Gasteiger charge is -2.30. The number of carbonyl (C=O) groups is 2. The Kier molecular flexibility index (Phi) is 7.13. The van der Waals surface area contributed by atoms with Crippen molar-refractivity contribution in [1.82, 2.24) is 0 Å². The van der Waals surface area contributed by atoms with Crippen LogP contribution in [0, 0.1) is 5.92 Å². The molecule has 0 bridgehead atoms. The Morgan fingerprint density at radius 2 is 1.52 bits per heavy atom. The van der Waals surface area contributed by atoms with Crippen LogP contribution >= 0.6 is 0 Å². The molecule has 0 fully saturated rings. The second kappa shape index (κ2) is 9.33. The normalized spacial score (nSPS) is 13.1. The van der Waals surface area contributed by atoms with Gasteiger partial charge in [-0.3, -0.25) is 9.69 Å². The fourth-order valence-electron chi connectivity index (χ4n) is 3.05. The molecule has 5 nitrogen and oxygen atoms in total. The van der Waals surface area contributed by atoms with Gasteiger partial charge in [0.1, 0.15) is 6.04 Å². The van der Waals surface area contributed by atoms with Crippen molar-refractivity contribution in [2.45, 2.75) is 39.3 Å². The number of benzene rings is 2. The summed E-state index contributed by atoms with van der Waals surface area (Å²) in [6.07, 6.45) is 0.547. The molecule has 1 amide bonds. The van der Waals surface area contributed by atoms with Gasteiger partial charge >= 0.3 is 5.97 Å². The van der Waals surface area contributed by atoms with Crippen molar-refractivity contribution >= 4 is 17.6 Å². The Bertz CT molecular complexity index is 757. The van der Waals surface area contributed by atoms with Crippen LogP contribution in [-0.4, -0.2) is 31.1 Å². The molecule has 27 heavy (non-hydrogen) atoms. The van der Waals surface area contributed by atoms with E-state index in [0.717, 1.165) is 11.1 Å². The van der Waals surface area contributed by atoms with Gasteiger partial charge < -0.3 is 10.5 Å². The zero-order valence-electron chi connectivity index (χ0n) is 16.4. The van der Waals surface area contributed by atoms with Crippen LogP contribution in [0.1, 0.15) is 27.2 Å². The van der Waals surface area contributed by atoms with Gasteiger partial charge in [-0.25, -0.2) is 4.79 Å². The maximum atomic E-state index is 13.0. The molecule has 0 saturated carbocycles. The van der Waals surface area contributed by atoms with Gasteiger partial charge in [-0.2, -0.15) is 0 Å². The first kappa shape index (κ1) is 20.6. The highest BCUT2D eigenvalue weighted by Crippen LogP contribution is 2.25. The maximum Gasteiger partial charge on any atom is 0.328 e. The Balaban J connectivity index is 2.35. The SMILES string of the molecule is COC(=O)[C@H](C)N(C(=O)[C@@H](N)CC(C)C)c1ccc(-c2ccccc2)cc1. The van der Waals surface area contributed by atoms with E-state index in [4.69, 9.17) is 10.5 Å². The van der Waals surface area contributed by atoms with Gasteiger partial charge in [-0.15, -0.1) is 0 Å². The van der Waals surface area contributed by atoms with Crippen LogP contribution in [0.4, 0.5) is 5.69 Å². The van der Waals surface area contributed by atoms with Crippen LogP contribution in [-0.2, 0) is 14.3 Å². The van der Waals surface area contributed by atoms with Crippen LogP contribution in [0.5, 0.6) is 0 Å². The molecule has 0 unspecified atom stereocenters. The summed E-state index contributed by atoms with van der Waals surface area (Å²) in [4.78, 5) is 26.5. The van der Waals surface area contributed by atoms with Crippen LogP contribution in [0.15, 0.2) is 54.6 Å². The third-order valence-corrected chi connectivity index (χ3v) is 4.46. The van der Waals surface area contributed by atoms with Gasteiger partial charge in [0.25, 0.3) is 0 Å². The number of nitrogens with zero attached hydrogens (tertiary/aromatic N) is 1. The highest BCUT2D eigenvalue weighted by molar-refractivity contribution is 6.02. The van der Waals surface area contributed by atoms with Crippen LogP contribution in [0.25, 0.3) is 11.1 Å². The molecule has 0 aliphatic rings. The highest BCUT2D eigenvalue weighted by atomic mass is 16.5. The van der Waals surface area contributed by atoms with Gasteiger partial charge in [0.05, 0.1) is 13.2 Å². The summed E-state index contributed by atoms with van der Waals surface area (Å²) in [5.41, 5.74) is 8.85. The standard InChI is InChI=1S/C22H28N2O3/c1-15(2)14-20(23)21(25)24(16(3)22(26)27-4)19-12-10-18(11-13-19)17-8-6-5-7-9-17/h5-13,15-16,20H,14,23H2,1-4H3/t16-,20-/m0/s1. The molecular formula is C22H28N2O3. The van der Waals surface area contributed by atoms with Crippen molar-refractivity contribution in [3.8, 4) is 11.1 Å². The number of carbonyl (C=O) groups excluding carboxylic acids is 2. The minimum Gasteiger partial charge on any atom is -0.467 e. The molecule has 0 radical (unpaired) electrons. The van der Waals surface area contributed by atoms with E-state index in [-0.39, 0.29) is 11.8 Å². The molecule has 0 spiro atoms. The van der Waals surface area contributed by atoms with E-state index in [1.807, 2.05) is 68.4 Å². The Morgan fingerprint density at radius 3 is 2.04 bits per heavy atom. The number of esters is 1. The first-order chi connectivity index (χ1) is 12.8. The van der Waals surface area contributed by atoms with E-state index in [2.05, 4.69) is 0 Å². The van der Waals surface area contributed by atoms with E-state index in [1.54, 1.807) is 6.92 Å². The molecule has 144 valence electrons. The number of hydrogen-bond donors (Lipinski definition) is 1. The first-order valence-electron chi connectivity index (χ1n) is 9.17. The lowest BCUT2D eigenvalue weighted by molar-refractivity contribution is -0.143. The monoisotopic (exact) mass is 368 g/mol. The van der Waals surface area contributed by atoms with Crippen LogP contribution in [0.2, 0.25) is 0 Å². The molecule has 0 aliphatic carbocycles.